The SMILES string of the molecule is COC(=O)c1ccc(Nc2ccc(NC(=O)C3CCOCC3)nn2)cc1. The number of methoxy groups -OCH3 is 1. The third-order valence-corrected chi connectivity index (χ3v) is 4.09. The fraction of sp³-hybridized carbons (Fsp3) is 0.333. The molecule has 0 spiro atoms. The third kappa shape index (κ3) is 4.54. The monoisotopic (exact) mass is 356 g/mol. The van der Waals surface area contributed by atoms with Gasteiger partial charge in [-0.3, -0.25) is 4.79 Å². The quantitative estimate of drug-likeness (QED) is 0.793. The maximum absolute atomic E-state index is 12.2. The van der Waals surface area contributed by atoms with Crippen LogP contribution in [0.4, 0.5) is 17.3 Å². The summed E-state index contributed by atoms with van der Waals surface area (Å²) in [6.45, 7) is 1.22. The molecule has 0 unspecified atom stereocenters. The Balaban J connectivity index is 1.57. The molecule has 2 aromatic rings. The minimum Gasteiger partial charge on any atom is -0.465 e. The summed E-state index contributed by atoms with van der Waals surface area (Å²) in [4.78, 5) is 23.6. The van der Waals surface area contributed by atoms with Gasteiger partial charge in [-0.2, -0.15) is 0 Å². The molecule has 136 valence electrons. The molecule has 1 saturated heterocycles. The van der Waals surface area contributed by atoms with Gasteiger partial charge in [-0.05, 0) is 49.2 Å². The molecule has 1 aliphatic heterocycles. The highest BCUT2D eigenvalue weighted by Gasteiger charge is 2.21. The van der Waals surface area contributed by atoms with E-state index < -0.39 is 0 Å². The molecule has 8 heteroatoms. The van der Waals surface area contributed by atoms with E-state index in [4.69, 9.17) is 4.74 Å². The predicted molar refractivity (Wildman–Crippen MR) is 95.3 cm³/mol. The number of esters is 1. The zero-order valence-electron chi connectivity index (χ0n) is 14.4. The smallest absolute Gasteiger partial charge is 0.337 e. The van der Waals surface area contributed by atoms with Crippen molar-refractivity contribution in [1.82, 2.24) is 10.2 Å². The summed E-state index contributed by atoms with van der Waals surface area (Å²) in [5, 5.41) is 13.9. The third-order valence-electron chi connectivity index (χ3n) is 4.09. The maximum atomic E-state index is 12.2. The molecule has 2 N–H and O–H groups in total. The molecule has 1 amide bonds. The molecule has 1 aromatic carbocycles. The van der Waals surface area contributed by atoms with Crippen LogP contribution in [0, 0.1) is 5.92 Å². The Hall–Kier alpha value is -3.00. The van der Waals surface area contributed by atoms with E-state index in [9.17, 15) is 9.59 Å². The molecular formula is C18H20N4O4. The van der Waals surface area contributed by atoms with Gasteiger partial charge in [0, 0.05) is 24.8 Å². The van der Waals surface area contributed by atoms with Crippen LogP contribution in [0.1, 0.15) is 23.2 Å². The molecule has 26 heavy (non-hydrogen) atoms. The Morgan fingerprint density at radius 3 is 2.31 bits per heavy atom. The first-order chi connectivity index (χ1) is 12.7. The van der Waals surface area contributed by atoms with Crippen LogP contribution >= 0.6 is 0 Å². The normalized spacial score (nSPS) is 14.5. The predicted octanol–water partition coefficient (Wildman–Crippen LogP) is 2.37. The first-order valence-corrected chi connectivity index (χ1v) is 8.33. The fourth-order valence-corrected chi connectivity index (χ4v) is 2.61. The summed E-state index contributed by atoms with van der Waals surface area (Å²) in [5.41, 5.74) is 1.22. The minimum atomic E-state index is -0.388. The van der Waals surface area contributed by atoms with Crippen molar-refractivity contribution in [2.75, 3.05) is 31.0 Å². The van der Waals surface area contributed by atoms with Gasteiger partial charge in [0.15, 0.2) is 11.6 Å². The number of hydrogen-bond acceptors (Lipinski definition) is 7. The van der Waals surface area contributed by atoms with E-state index in [2.05, 4.69) is 25.6 Å². The number of hydrogen-bond donors (Lipinski definition) is 2. The van der Waals surface area contributed by atoms with Gasteiger partial charge >= 0.3 is 5.97 Å². The Bertz CT molecular complexity index is 756. The number of aromatic nitrogens is 2. The van der Waals surface area contributed by atoms with Crippen molar-refractivity contribution in [2.45, 2.75) is 12.8 Å². The second kappa shape index (κ2) is 8.39. The zero-order valence-corrected chi connectivity index (χ0v) is 14.4. The van der Waals surface area contributed by atoms with Crippen molar-refractivity contribution in [3.05, 3.63) is 42.0 Å². The number of amides is 1. The lowest BCUT2D eigenvalue weighted by molar-refractivity contribution is -0.122. The zero-order chi connectivity index (χ0) is 18.4. The number of carbonyl (C=O) groups is 2. The number of rotatable bonds is 5. The molecule has 1 fully saturated rings. The maximum Gasteiger partial charge on any atom is 0.337 e. The largest absolute Gasteiger partial charge is 0.465 e. The Morgan fingerprint density at radius 1 is 1.04 bits per heavy atom. The summed E-state index contributed by atoms with van der Waals surface area (Å²) in [6, 6.07) is 10.2. The van der Waals surface area contributed by atoms with Crippen LogP contribution in [0.25, 0.3) is 0 Å². The van der Waals surface area contributed by atoms with Crippen molar-refractivity contribution >= 4 is 29.2 Å². The van der Waals surface area contributed by atoms with E-state index in [-0.39, 0.29) is 17.8 Å². The van der Waals surface area contributed by atoms with Crippen molar-refractivity contribution < 1.29 is 19.1 Å². The van der Waals surface area contributed by atoms with Crippen LogP contribution in [-0.4, -0.2) is 42.4 Å². The average molecular weight is 356 g/mol. The van der Waals surface area contributed by atoms with Gasteiger partial charge in [0.2, 0.25) is 5.91 Å². The number of carbonyl (C=O) groups excluding carboxylic acids is 2. The molecule has 0 saturated carbocycles. The van der Waals surface area contributed by atoms with E-state index in [1.807, 2.05) is 0 Å². The molecular weight excluding hydrogens is 336 g/mol. The molecule has 1 aromatic heterocycles. The Labute approximate surface area is 150 Å². The van der Waals surface area contributed by atoms with Gasteiger partial charge in [-0.15, -0.1) is 10.2 Å². The number of anilines is 3. The summed E-state index contributed by atoms with van der Waals surface area (Å²) in [6.07, 6.45) is 1.45. The summed E-state index contributed by atoms with van der Waals surface area (Å²) in [5.74, 6) is 0.451. The lowest BCUT2D eigenvalue weighted by Crippen LogP contribution is -2.28. The number of nitrogens with one attached hydrogen (secondary N) is 2. The second-order valence-corrected chi connectivity index (χ2v) is 5.87. The highest BCUT2D eigenvalue weighted by atomic mass is 16.5. The molecule has 0 radical (unpaired) electrons. The van der Waals surface area contributed by atoms with Crippen molar-refractivity contribution in [2.24, 2.45) is 5.92 Å². The van der Waals surface area contributed by atoms with Crippen molar-refractivity contribution in [1.29, 1.82) is 0 Å². The molecule has 0 aliphatic carbocycles. The average Bonchev–Trinajstić information content (AvgIpc) is 2.70. The molecule has 0 atom stereocenters. The molecule has 2 heterocycles. The van der Waals surface area contributed by atoms with Gasteiger partial charge < -0.3 is 20.1 Å². The summed E-state index contributed by atoms with van der Waals surface area (Å²) >= 11 is 0. The highest BCUT2D eigenvalue weighted by molar-refractivity contribution is 5.91. The van der Waals surface area contributed by atoms with Crippen LogP contribution in [0.15, 0.2) is 36.4 Å². The van der Waals surface area contributed by atoms with Crippen LogP contribution in [-0.2, 0) is 14.3 Å². The van der Waals surface area contributed by atoms with Gasteiger partial charge in [0.1, 0.15) is 0 Å². The van der Waals surface area contributed by atoms with E-state index in [1.165, 1.54) is 7.11 Å². The fourth-order valence-electron chi connectivity index (χ4n) is 2.61. The molecule has 8 nitrogen and oxygen atoms in total. The molecule has 1 aliphatic rings. The van der Waals surface area contributed by atoms with Crippen LogP contribution in [0.3, 0.4) is 0 Å². The van der Waals surface area contributed by atoms with E-state index in [1.54, 1.807) is 36.4 Å². The first kappa shape index (κ1) is 17.8. The Morgan fingerprint density at radius 2 is 1.69 bits per heavy atom. The van der Waals surface area contributed by atoms with Gasteiger partial charge in [0.05, 0.1) is 12.7 Å². The summed E-state index contributed by atoms with van der Waals surface area (Å²) in [7, 11) is 1.34. The summed E-state index contributed by atoms with van der Waals surface area (Å²) < 4.78 is 9.92. The van der Waals surface area contributed by atoms with E-state index >= 15 is 0 Å². The molecule has 0 bridgehead atoms. The lowest BCUT2D eigenvalue weighted by Gasteiger charge is -2.20. The highest BCUT2D eigenvalue weighted by Crippen LogP contribution is 2.18. The van der Waals surface area contributed by atoms with Crippen LogP contribution in [0.2, 0.25) is 0 Å². The Kier molecular flexibility index (Phi) is 5.75. The van der Waals surface area contributed by atoms with E-state index in [0.29, 0.717) is 30.4 Å². The number of benzene rings is 1. The number of ether oxygens (including phenoxy) is 2. The topological polar surface area (TPSA) is 102 Å². The second-order valence-electron chi connectivity index (χ2n) is 5.87. The molecule has 3 rings (SSSR count). The van der Waals surface area contributed by atoms with Crippen LogP contribution < -0.4 is 10.6 Å². The minimum absolute atomic E-state index is 0.0447. The number of nitrogens with zero attached hydrogens (tertiary/aromatic N) is 2. The van der Waals surface area contributed by atoms with Gasteiger partial charge in [0.25, 0.3) is 0 Å². The van der Waals surface area contributed by atoms with Crippen LogP contribution in [0.5, 0.6) is 0 Å². The lowest BCUT2D eigenvalue weighted by atomic mass is 9.99. The standard InChI is InChI=1S/C18H20N4O4/c1-25-18(24)13-2-4-14(5-3-13)19-15-6-7-16(22-21-15)20-17(23)12-8-10-26-11-9-12/h2-7,12H,8-11H2,1H3,(H,19,21)(H,20,22,23). The van der Waals surface area contributed by atoms with E-state index in [0.717, 1.165) is 18.5 Å². The van der Waals surface area contributed by atoms with Gasteiger partial charge in [-0.25, -0.2) is 4.79 Å². The van der Waals surface area contributed by atoms with Crippen molar-refractivity contribution in [3.8, 4) is 0 Å². The van der Waals surface area contributed by atoms with Gasteiger partial charge in [-0.1, -0.05) is 0 Å². The van der Waals surface area contributed by atoms with Crippen molar-refractivity contribution in [3.63, 3.8) is 0 Å². The first-order valence-electron chi connectivity index (χ1n) is 8.33.